The zero-order valence-corrected chi connectivity index (χ0v) is 9.89. The first-order chi connectivity index (χ1) is 6.13. The highest BCUT2D eigenvalue weighted by Crippen LogP contribution is 2.00. The summed E-state index contributed by atoms with van der Waals surface area (Å²) in [6, 6.07) is 0. The van der Waals surface area contributed by atoms with Crippen molar-refractivity contribution in [3.8, 4) is 0 Å². The first-order valence-corrected chi connectivity index (χ1v) is 5.27. The number of hydrogen-bond acceptors (Lipinski definition) is 2. The Bertz CT molecular complexity index is 111. The van der Waals surface area contributed by atoms with E-state index in [4.69, 9.17) is 0 Å². The van der Waals surface area contributed by atoms with Crippen LogP contribution in [0.3, 0.4) is 0 Å². The average molecular weight is 187 g/mol. The van der Waals surface area contributed by atoms with Gasteiger partial charge in [-0.1, -0.05) is 20.3 Å². The molecule has 0 aliphatic heterocycles. The van der Waals surface area contributed by atoms with Crippen molar-refractivity contribution < 1.29 is 4.79 Å². The van der Waals surface area contributed by atoms with Crippen molar-refractivity contribution in [1.82, 2.24) is 4.90 Å². The fourth-order valence-electron chi connectivity index (χ4n) is 0.979. The summed E-state index contributed by atoms with van der Waals surface area (Å²) in [4.78, 5) is 12.7. The lowest BCUT2D eigenvalue weighted by Crippen LogP contribution is -2.12. The van der Waals surface area contributed by atoms with Gasteiger partial charge in [-0.25, -0.2) is 0 Å². The maximum atomic E-state index is 10.5. The van der Waals surface area contributed by atoms with Crippen LogP contribution in [0.5, 0.6) is 0 Å². The van der Waals surface area contributed by atoms with Gasteiger partial charge in [0.05, 0.1) is 0 Å². The monoisotopic (exact) mass is 187 g/mol. The lowest BCUT2D eigenvalue weighted by atomic mass is 10.1. The van der Waals surface area contributed by atoms with Crippen LogP contribution in [0.4, 0.5) is 0 Å². The van der Waals surface area contributed by atoms with Gasteiger partial charge in [-0.05, 0) is 40.4 Å². The highest BCUT2D eigenvalue weighted by molar-refractivity contribution is 5.75. The molecule has 13 heavy (non-hydrogen) atoms. The van der Waals surface area contributed by atoms with Crippen molar-refractivity contribution in [1.29, 1.82) is 0 Å². The van der Waals surface area contributed by atoms with Crippen LogP contribution in [0.15, 0.2) is 0 Å². The highest BCUT2D eigenvalue weighted by Gasteiger charge is 1.94. The molecule has 2 nitrogen and oxygen atoms in total. The van der Waals surface area contributed by atoms with Crippen molar-refractivity contribution in [3.05, 3.63) is 0 Å². The minimum absolute atomic E-state index is 0.315. The molecule has 0 fully saturated rings. The van der Waals surface area contributed by atoms with Gasteiger partial charge in [0.25, 0.3) is 0 Å². The summed E-state index contributed by atoms with van der Waals surface area (Å²) in [5, 5.41) is 0. The second kappa shape index (κ2) is 11.6. The Morgan fingerprint density at radius 1 is 1.08 bits per heavy atom. The Morgan fingerprint density at radius 2 is 1.62 bits per heavy atom. The van der Waals surface area contributed by atoms with E-state index in [1.165, 1.54) is 12.8 Å². The number of hydrogen-bond donors (Lipinski definition) is 0. The summed E-state index contributed by atoms with van der Waals surface area (Å²) >= 11 is 0. The Morgan fingerprint density at radius 3 is 2.00 bits per heavy atom. The van der Waals surface area contributed by atoms with Crippen LogP contribution in [-0.2, 0) is 4.79 Å². The smallest absolute Gasteiger partial charge is 0.129 e. The molecule has 0 aromatic rings. The zero-order chi connectivity index (χ0) is 10.7. The van der Waals surface area contributed by atoms with E-state index in [2.05, 4.69) is 19.0 Å². The summed E-state index contributed by atoms with van der Waals surface area (Å²) < 4.78 is 0. The molecule has 0 aromatic heterocycles. The molecule has 0 spiro atoms. The summed E-state index contributed by atoms with van der Waals surface area (Å²) in [6.07, 6.45) is 4.20. The Kier molecular flexibility index (Phi) is 13.5. The lowest BCUT2D eigenvalue weighted by Gasteiger charge is -2.07. The molecule has 0 N–H and O–H groups in total. The number of ketones is 1. The Balaban J connectivity index is 0. The minimum Gasteiger partial charge on any atom is -0.309 e. The molecule has 0 amide bonds. The molecule has 0 aliphatic rings. The molecule has 0 aliphatic carbocycles. The van der Waals surface area contributed by atoms with Gasteiger partial charge in [0.2, 0.25) is 0 Å². The molecule has 0 bridgehead atoms. The van der Waals surface area contributed by atoms with Crippen molar-refractivity contribution >= 4 is 5.78 Å². The van der Waals surface area contributed by atoms with Crippen molar-refractivity contribution in [3.63, 3.8) is 0 Å². The van der Waals surface area contributed by atoms with Gasteiger partial charge in [0.15, 0.2) is 0 Å². The topological polar surface area (TPSA) is 20.3 Å². The summed E-state index contributed by atoms with van der Waals surface area (Å²) in [5.41, 5.74) is 0. The van der Waals surface area contributed by atoms with Crippen LogP contribution < -0.4 is 0 Å². The number of Topliss-reactive ketones (excluding diaryl/α,β-unsaturated/α-hetero) is 1. The zero-order valence-electron chi connectivity index (χ0n) is 9.89. The van der Waals surface area contributed by atoms with E-state index in [0.29, 0.717) is 5.78 Å². The Hall–Kier alpha value is -0.370. The second-order valence-corrected chi connectivity index (χ2v) is 3.32. The first-order valence-electron chi connectivity index (χ1n) is 5.27. The van der Waals surface area contributed by atoms with E-state index in [9.17, 15) is 4.79 Å². The van der Waals surface area contributed by atoms with Crippen LogP contribution in [0.1, 0.15) is 46.5 Å². The van der Waals surface area contributed by atoms with Gasteiger partial charge in [-0.2, -0.15) is 0 Å². The predicted molar refractivity (Wildman–Crippen MR) is 59.1 cm³/mol. The fraction of sp³-hybridized carbons (Fsp3) is 0.909. The molecule has 0 saturated heterocycles. The standard InChI is InChI=1S/C9H19NO.C2H6/c1-9(11)7-5-4-6-8-10(2)3;1-2/h4-8H2,1-3H3;1-2H3. The Labute approximate surface area is 83.3 Å². The third-order valence-corrected chi connectivity index (χ3v) is 1.63. The van der Waals surface area contributed by atoms with E-state index >= 15 is 0 Å². The molecule has 0 atom stereocenters. The number of unbranched alkanes of at least 4 members (excludes halogenated alkanes) is 2. The van der Waals surface area contributed by atoms with Crippen LogP contribution in [0.2, 0.25) is 0 Å². The van der Waals surface area contributed by atoms with Gasteiger partial charge in [0, 0.05) is 6.42 Å². The van der Waals surface area contributed by atoms with E-state index < -0.39 is 0 Å². The number of carbonyl (C=O) groups is 1. The first kappa shape index (κ1) is 15.1. The average Bonchev–Trinajstić information content (AvgIpc) is 2.06. The number of carbonyl (C=O) groups excluding carboxylic acids is 1. The van der Waals surface area contributed by atoms with E-state index in [1.807, 2.05) is 13.8 Å². The van der Waals surface area contributed by atoms with E-state index in [1.54, 1.807) is 6.92 Å². The maximum absolute atomic E-state index is 10.5. The molecular formula is C11H25NO. The molecule has 0 aromatic carbocycles. The summed E-state index contributed by atoms with van der Waals surface area (Å²) in [6.45, 7) is 6.80. The SMILES string of the molecule is CC.CC(=O)CCCCCN(C)C. The molecule has 80 valence electrons. The molecule has 0 rings (SSSR count). The number of nitrogens with zero attached hydrogens (tertiary/aromatic N) is 1. The molecule has 0 heterocycles. The second-order valence-electron chi connectivity index (χ2n) is 3.32. The molecule has 0 saturated carbocycles. The molecule has 2 heteroatoms. The highest BCUT2D eigenvalue weighted by atomic mass is 16.1. The number of rotatable bonds is 6. The van der Waals surface area contributed by atoms with Gasteiger partial charge < -0.3 is 9.69 Å². The summed E-state index contributed by atoms with van der Waals surface area (Å²) in [7, 11) is 4.15. The predicted octanol–water partition coefficient (Wildman–Crippen LogP) is 2.72. The molecular weight excluding hydrogens is 162 g/mol. The minimum atomic E-state index is 0.315. The van der Waals surface area contributed by atoms with Gasteiger partial charge in [0.1, 0.15) is 5.78 Å². The van der Waals surface area contributed by atoms with Crippen molar-refractivity contribution in [2.75, 3.05) is 20.6 Å². The van der Waals surface area contributed by atoms with Crippen LogP contribution in [0.25, 0.3) is 0 Å². The van der Waals surface area contributed by atoms with Crippen LogP contribution in [0, 0.1) is 0 Å². The largest absolute Gasteiger partial charge is 0.309 e. The quantitative estimate of drug-likeness (QED) is 0.596. The van der Waals surface area contributed by atoms with E-state index in [0.717, 1.165) is 19.4 Å². The third-order valence-electron chi connectivity index (χ3n) is 1.63. The van der Waals surface area contributed by atoms with Crippen LogP contribution in [-0.4, -0.2) is 31.3 Å². The molecule has 0 radical (unpaired) electrons. The van der Waals surface area contributed by atoms with Gasteiger partial charge in [-0.15, -0.1) is 0 Å². The lowest BCUT2D eigenvalue weighted by molar-refractivity contribution is -0.117. The van der Waals surface area contributed by atoms with Gasteiger partial charge >= 0.3 is 0 Å². The van der Waals surface area contributed by atoms with E-state index in [-0.39, 0.29) is 0 Å². The maximum Gasteiger partial charge on any atom is 0.129 e. The summed E-state index contributed by atoms with van der Waals surface area (Å²) in [5.74, 6) is 0.315. The fourth-order valence-corrected chi connectivity index (χ4v) is 0.979. The normalized spacial score (nSPS) is 9.38. The molecule has 0 unspecified atom stereocenters. The van der Waals surface area contributed by atoms with Crippen LogP contribution >= 0.6 is 0 Å². The van der Waals surface area contributed by atoms with Crippen molar-refractivity contribution in [2.24, 2.45) is 0 Å². The third kappa shape index (κ3) is 18.5. The van der Waals surface area contributed by atoms with Crippen molar-refractivity contribution in [2.45, 2.75) is 46.5 Å². The van der Waals surface area contributed by atoms with Gasteiger partial charge in [-0.3, -0.25) is 0 Å².